The number of hydrogen-bond acceptors (Lipinski definition) is 6. The second-order valence-corrected chi connectivity index (χ2v) is 8.34. The fraction of sp³-hybridized carbons (Fsp3) is 0.375. The smallest absolute Gasteiger partial charge is 0.342 e. The SMILES string of the molecule is CN1C(=CC(=O)COC(=O)c2cccnc2N2CCCC2)C(C)(C)c2ccccc21. The number of rotatable bonds is 5. The van der Waals surface area contributed by atoms with Crippen molar-refractivity contribution in [1.82, 2.24) is 4.98 Å². The first-order valence-electron chi connectivity index (χ1n) is 10.3. The molecule has 0 atom stereocenters. The van der Waals surface area contributed by atoms with Gasteiger partial charge in [0, 0.05) is 49.2 Å². The van der Waals surface area contributed by atoms with E-state index in [2.05, 4.69) is 29.8 Å². The quantitative estimate of drug-likeness (QED) is 0.558. The first kappa shape index (κ1) is 20.1. The van der Waals surface area contributed by atoms with Crippen molar-refractivity contribution in [1.29, 1.82) is 0 Å². The number of likely N-dealkylation sites (N-methyl/N-ethyl adjacent to an activating group) is 1. The van der Waals surface area contributed by atoms with Crippen LogP contribution in [0.4, 0.5) is 11.5 Å². The van der Waals surface area contributed by atoms with Gasteiger partial charge in [-0.25, -0.2) is 9.78 Å². The van der Waals surface area contributed by atoms with E-state index in [1.54, 1.807) is 24.4 Å². The number of nitrogens with zero attached hydrogens (tertiary/aromatic N) is 3. The summed E-state index contributed by atoms with van der Waals surface area (Å²) >= 11 is 0. The molecular formula is C24H27N3O3. The lowest BCUT2D eigenvalue weighted by Crippen LogP contribution is -2.25. The lowest BCUT2D eigenvalue weighted by Gasteiger charge is -2.24. The number of fused-ring (bicyclic) bond motifs is 1. The van der Waals surface area contributed by atoms with Gasteiger partial charge in [0.05, 0.1) is 0 Å². The molecule has 6 nitrogen and oxygen atoms in total. The molecule has 2 aliphatic rings. The Morgan fingerprint density at radius 3 is 2.60 bits per heavy atom. The van der Waals surface area contributed by atoms with Crippen molar-refractivity contribution < 1.29 is 14.3 Å². The maximum atomic E-state index is 12.7. The van der Waals surface area contributed by atoms with E-state index < -0.39 is 5.97 Å². The molecule has 0 N–H and O–H groups in total. The monoisotopic (exact) mass is 405 g/mol. The molecule has 0 aliphatic carbocycles. The molecule has 6 heteroatoms. The highest BCUT2D eigenvalue weighted by molar-refractivity contribution is 5.98. The van der Waals surface area contributed by atoms with E-state index in [4.69, 9.17) is 4.74 Å². The Morgan fingerprint density at radius 2 is 1.87 bits per heavy atom. The number of pyridine rings is 1. The van der Waals surface area contributed by atoms with Crippen LogP contribution >= 0.6 is 0 Å². The second kappa shape index (κ2) is 7.94. The Balaban J connectivity index is 1.47. The maximum absolute atomic E-state index is 12.7. The van der Waals surface area contributed by atoms with E-state index in [-0.39, 0.29) is 17.8 Å². The number of carbonyl (C=O) groups excluding carboxylic acids is 2. The minimum absolute atomic E-state index is 0.238. The number of allylic oxidation sites excluding steroid dienone is 1. The summed E-state index contributed by atoms with van der Waals surface area (Å²) in [6.45, 7) is 5.66. The normalized spacial score (nSPS) is 18.6. The molecule has 156 valence electrons. The number of para-hydroxylation sites is 1. The van der Waals surface area contributed by atoms with E-state index in [9.17, 15) is 9.59 Å². The van der Waals surface area contributed by atoms with E-state index in [1.807, 2.05) is 30.1 Å². The van der Waals surface area contributed by atoms with Gasteiger partial charge >= 0.3 is 5.97 Å². The van der Waals surface area contributed by atoms with Crippen LogP contribution in [0, 0.1) is 0 Å². The largest absolute Gasteiger partial charge is 0.454 e. The first-order valence-corrected chi connectivity index (χ1v) is 10.3. The Hall–Kier alpha value is -3.15. The topological polar surface area (TPSA) is 62.7 Å². The minimum atomic E-state index is -0.515. The zero-order valence-electron chi connectivity index (χ0n) is 17.7. The molecule has 2 aliphatic heterocycles. The molecule has 0 bridgehead atoms. The third-order valence-corrected chi connectivity index (χ3v) is 6.00. The molecule has 0 saturated carbocycles. The van der Waals surface area contributed by atoms with Crippen molar-refractivity contribution in [3.63, 3.8) is 0 Å². The molecule has 0 unspecified atom stereocenters. The number of aromatic nitrogens is 1. The summed E-state index contributed by atoms with van der Waals surface area (Å²) in [6.07, 6.45) is 5.44. The van der Waals surface area contributed by atoms with Crippen molar-refractivity contribution in [2.24, 2.45) is 0 Å². The van der Waals surface area contributed by atoms with Crippen molar-refractivity contribution in [2.75, 3.05) is 36.5 Å². The molecule has 0 amide bonds. The Bertz CT molecular complexity index is 1010. The molecule has 4 rings (SSSR count). The number of esters is 1. The van der Waals surface area contributed by atoms with Crippen LogP contribution in [0.15, 0.2) is 54.4 Å². The molecule has 0 radical (unpaired) electrons. The first-order chi connectivity index (χ1) is 14.4. The molecule has 1 aromatic carbocycles. The molecule has 3 heterocycles. The third kappa shape index (κ3) is 3.58. The average molecular weight is 405 g/mol. The summed E-state index contributed by atoms with van der Waals surface area (Å²) in [5.41, 5.74) is 3.27. The summed E-state index contributed by atoms with van der Waals surface area (Å²) in [4.78, 5) is 33.8. The lowest BCUT2D eigenvalue weighted by atomic mass is 9.83. The molecule has 1 aromatic heterocycles. The van der Waals surface area contributed by atoms with Crippen LogP contribution < -0.4 is 9.80 Å². The van der Waals surface area contributed by atoms with Crippen molar-refractivity contribution in [3.05, 3.63) is 65.5 Å². The summed E-state index contributed by atoms with van der Waals surface area (Å²) in [6, 6.07) is 11.5. The highest BCUT2D eigenvalue weighted by Gasteiger charge is 2.38. The Labute approximate surface area is 177 Å². The van der Waals surface area contributed by atoms with Gasteiger partial charge in [-0.2, -0.15) is 0 Å². The molecular weight excluding hydrogens is 378 g/mol. The predicted octanol–water partition coefficient (Wildman–Crippen LogP) is 3.72. The van der Waals surface area contributed by atoms with Crippen molar-refractivity contribution >= 4 is 23.3 Å². The van der Waals surface area contributed by atoms with Crippen LogP contribution in [0.2, 0.25) is 0 Å². The van der Waals surface area contributed by atoms with Crippen LogP contribution in [-0.2, 0) is 14.9 Å². The molecule has 1 saturated heterocycles. The van der Waals surface area contributed by atoms with Gasteiger partial charge in [0.1, 0.15) is 11.4 Å². The standard InChI is InChI=1S/C24H27N3O3/c1-24(2)19-10-4-5-11-20(19)26(3)21(24)15-17(28)16-30-23(29)18-9-8-12-25-22(18)27-13-6-7-14-27/h4-5,8-12,15H,6-7,13-14,16H2,1-3H3. The summed E-state index contributed by atoms with van der Waals surface area (Å²) < 4.78 is 5.36. The molecule has 0 spiro atoms. The molecule has 2 aromatic rings. The minimum Gasteiger partial charge on any atom is -0.454 e. The van der Waals surface area contributed by atoms with Gasteiger partial charge in [0.15, 0.2) is 12.4 Å². The predicted molar refractivity (Wildman–Crippen MR) is 117 cm³/mol. The fourth-order valence-electron chi connectivity index (χ4n) is 4.40. The number of hydrogen-bond donors (Lipinski definition) is 0. The second-order valence-electron chi connectivity index (χ2n) is 8.34. The number of anilines is 2. The van der Waals surface area contributed by atoms with Crippen LogP contribution in [0.1, 0.15) is 42.6 Å². The van der Waals surface area contributed by atoms with E-state index in [1.165, 1.54) is 5.56 Å². The van der Waals surface area contributed by atoms with E-state index in [0.717, 1.165) is 37.3 Å². The summed E-state index contributed by atoms with van der Waals surface area (Å²) in [5, 5.41) is 0. The van der Waals surface area contributed by atoms with Gasteiger partial charge in [-0.3, -0.25) is 4.79 Å². The van der Waals surface area contributed by atoms with E-state index >= 15 is 0 Å². The molecule has 30 heavy (non-hydrogen) atoms. The van der Waals surface area contributed by atoms with E-state index in [0.29, 0.717) is 11.4 Å². The van der Waals surface area contributed by atoms with Crippen molar-refractivity contribution in [2.45, 2.75) is 32.1 Å². The summed E-state index contributed by atoms with van der Waals surface area (Å²) in [5.74, 6) is -0.116. The van der Waals surface area contributed by atoms with Crippen molar-refractivity contribution in [3.8, 4) is 0 Å². The van der Waals surface area contributed by atoms with Gasteiger partial charge in [-0.15, -0.1) is 0 Å². The highest BCUT2D eigenvalue weighted by atomic mass is 16.5. The fourth-order valence-corrected chi connectivity index (χ4v) is 4.40. The number of ether oxygens (including phenoxy) is 1. The van der Waals surface area contributed by atoms with Gasteiger partial charge in [0.25, 0.3) is 0 Å². The zero-order chi connectivity index (χ0) is 21.3. The molecule has 1 fully saturated rings. The number of ketones is 1. The zero-order valence-corrected chi connectivity index (χ0v) is 17.7. The van der Waals surface area contributed by atoms with Crippen LogP contribution in [0.25, 0.3) is 0 Å². The van der Waals surface area contributed by atoms with Gasteiger partial charge in [0.2, 0.25) is 0 Å². The van der Waals surface area contributed by atoms with Gasteiger partial charge in [-0.05, 0) is 36.6 Å². The maximum Gasteiger partial charge on any atom is 0.342 e. The Kier molecular flexibility index (Phi) is 5.33. The number of carbonyl (C=O) groups is 2. The highest BCUT2D eigenvalue weighted by Crippen LogP contribution is 2.46. The average Bonchev–Trinajstić information content (AvgIpc) is 3.35. The van der Waals surface area contributed by atoms with Gasteiger partial charge in [-0.1, -0.05) is 32.0 Å². The summed E-state index contributed by atoms with van der Waals surface area (Å²) in [7, 11) is 1.96. The van der Waals surface area contributed by atoms with Gasteiger partial charge < -0.3 is 14.5 Å². The Morgan fingerprint density at radius 1 is 1.13 bits per heavy atom. The van der Waals surface area contributed by atoms with Crippen LogP contribution in [0.3, 0.4) is 0 Å². The third-order valence-electron chi connectivity index (χ3n) is 6.00. The van der Waals surface area contributed by atoms with Crippen LogP contribution in [-0.4, -0.2) is 43.5 Å². The van der Waals surface area contributed by atoms with Crippen LogP contribution in [0.5, 0.6) is 0 Å². The number of benzene rings is 1. The lowest BCUT2D eigenvalue weighted by molar-refractivity contribution is -0.117.